The summed E-state index contributed by atoms with van der Waals surface area (Å²) in [7, 11) is 0. The van der Waals surface area contributed by atoms with Crippen molar-refractivity contribution < 1.29 is 14.3 Å². The summed E-state index contributed by atoms with van der Waals surface area (Å²) in [6.45, 7) is 5.62. The molecule has 3 rings (SSSR count). The first-order valence-corrected chi connectivity index (χ1v) is 9.57. The van der Waals surface area contributed by atoms with Crippen molar-refractivity contribution in [2.24, 2.45) is 0 Å². The van der Waals surface area contributed by atoms with E-state index >= 15 is 0 Å². The Labute approximate surface area is 158 Å². The molecule has 0 saturated carbocycles. The summed E-state index contributed by atoms with van der Waals surface area (Å²) in [4.78, 5) is 16.7. The third kappa shape index (κ3) is 5.00. The number of hydrogen-bond acceptors (Lipinski definition) is 4. The third-order valence-electron chi connectivity index (χ3n) is 4.80. The van der Waals surface area contributed by atoms with Crippen LogP contribution in [0.3, 0.4) is 0 Å². The maximum Gasteiger partial charge on any atom is 0.222 e. The van der Waals surface area contributed by atoms with Gasteiger partial charge in [0.1, 0.15) is 10.8 Å². The molecule has 2 fully saturated rings. The number of amides is 1. The van der Waals surface area contributed by atoms with Gasteiger partial charge in [0.05, 0.1) is 18.2 Å². The van der Waals surface area contributed by atoms with Crippen LogP contribution < -0.4 is 4.74 Å². The highest BCUT2D eigenvalue weighted by atomic mass is 35.5. The number of benzene rings is 1. The normalized spacial score (nSPS) is 21.5. The molecule has 0 radical (unpaired) electrons. The minimum atomic E-state index is 0.197. The number of nitrogens with zero attached hydrogens (tertiary/aromatic N) is 2. The summed E-state index contributed by atoms with van der Waals surface area (Å²) >= 11 is 12.0. The molecular weight excluding hydrogens is 363 g/mol. The van der Waals surface area contributed by atoms with Crippen LogP contribution in [0, 0.1) is 0 Å². The van der Waals surface area contributed by atoms with E-state index in [1.165, 1.54) is 0 Å². The van der Waals surface area contributed by atoms with Gasteiger partial charge in [0, 0.05) is 45.2 Å². The molecule has 0 N–H and O–H groups in total. The number of piperazine rings is 1. The number of carbonyl (C=O) groups is 1. The molecule has 1 atom stereocenters. The zero-order chi connectivity index (χ0) is 17.6. The van der Waals surface area contributed by atoms with Gasteiger partial charge in [-0.1, -0.05) is 29.3 Å². The Hall–Kier alpha value is -1.01. The summed E-state index contributed by atoms with van der Waals surface area (Å²) < 4.78 is 11.1. The third-order valence-corrected chi connectivity index (χ3v) is 5.60. The first-order chi connectivity index (χ1) is 12.1. The van der Waals surface area contributed by atoms with Crippen LogP contribution in [0.5, 0.6) is 5.75 Å². The van der Waals surface area contributed by atoms with Gasteiger partial charge in [-0.2, -0.15) is 0 Å². The van der Waals surface area contributed by atoms with Crippen molar-refractivity contribution in [3.63, 3.8) is 0 Å². The van der Waals surface area contributed by atoms with Crippen LogP contribution in [0.15, 0.2) is 18.2 Å². The minimum absolute atomic E-state index is 0.197. The zero-order valence-corrected chi connectivity index (χ0v) is 15.8. The molecule has 1 aromatic carbocycles. The van der Waals surface area contributed by atoms with Gasteiger partial charge in [-0.3, -0.25) is 9.69 Å². The Morgan fingerprint density at radius 1 is 1.24 bits per heavy atom. The molecule has 0 aromatic heterocycles. The molecule has 7 heteroatoms. The lowest BCUT2D eigenvalue weighted by molar-refractivity contribution is -0.133. The van der Waals surface area contributed by atoms with Gasteiger partial charge in [0.25, 0.3) is 0 Å². The van der Waals surface area contributed by atoms with E-state index < -0.39 is 0 Å². The molecule has 2 aliphatic heterocycles. The number of ether oxygens (including phenoxy) is 2. The molecule has 2 heterocycles. The Balaban J connectivity index is 1.35. The highest BCUT2D eigenvalue weighted by Gasteiger charge is 2.28. The molecule has 0 spiro atoms. The van der Waals surface area contributed by atoms with Crippen LogP contribution in [0.2, 0.25) is 10.0 Å². The lowest BCUT2D eigenvalue weighted by atomic mass is 10.2. The SMILES string of the molecule is O=C(CCCOc1cccc(Cl)c1Cl)N1CCN([C@H]2CCOC2)CC1. The van der Waals surface area contributed by atoms with Crippen molar-refractivity contribution in [1.29, 1.82) is 0 Å². The van der Waals surface area contributed by atoms with E-state index in [0.29, 0.717) is 41.3 Å². The maximum atomic E-state index is 12.3. The van der Waals surface area contributed by atoms with Gasteiger partial charge in [-0.05, 0) is 25.0 Å². The summed E-state index contributed by atoms with van der Waals surface area (Å²) in [6, 6.07) is 5.83. The molecule has 25 heavy (non-hydrogen) atoms. The second kappa shape index (κ2) is 9.08. The van der Waals surface area contributed by atoms with E-state index in [4.69, 9.17) is 32.7 Å². The van der Waals surface area contributed by atoms with E-state index in [-0.39, 0.29) is 5.91 Å². The number of hydrogen-bond donors (Lipinski definition) is 0. The van der Waals surface area contributed by atoms with Crippen molar-refractivity contribution in [3.05, 3.63) is 28.2 Å². The predicted octanol–water partition coefficient (Wildman–Crippen LogP) is 3.09. The quantitative estimate of drug-likeness (QED) is 0.704. The molecule has 0 unspecified atom stereocenters. The van der Waals surface area contributed by atoms with Gasteiger partial charge in [0.15, 0.2) is 0 Å². The molecule has 5 nitrogen and oxygen atoms in total. The fraction of sp³-hybridized carbons (Fsp3) is 0.611. The van der Waals surface area contributed by atoms with Crippen LogP contribution in [-0.2, 0) is 9.53 Å². The summed E-state index contributed by atoms with van der Waals surface area (Å²) in [6.07, 6.45) is 2.26. The van der Waals surface area contributed by atoms with Gasteiger partial charge in [-0.25, -0.2) is 0 Å². The Kier molecular flexibility index (Phi) is 6.82. The lowest BCUT2D eigenvalue weighted by Crippen LogP contribution is -2.52. The molecule has 138 valence electrons. The van der Waals surface area contributed by atoms with E-state index in [0.717, 1.165) is 45.8 Å². The number of carbonyl (C=O) groups excluding carboxylic acids is 1. The topological polar surface area (TPSA) is 42.0 Å². The Morgan fingerprint density at radius 3 is 2.76 bits per heavy atom. The molecule has 2 aliphatic rings. The highest BCUT2D eigenvalue weighted by Crippen LogP contribution is 2.31. The van der Waals surface area contributed by atoms with Gasteiger partial charge < -0.3 is 14.4 Å². The largest absolute Gasteiger partial charge is 0.492 e. The van der Waals surface area contributed by atoms with Gasteiger partial charge in [-0.15, -0.1) is 0 Å². The molecular formula is C18H24Cl2N2O3. The Morgan fingerprint density at radius 2 is 2.04 bits per heavy atom. The smallest absolute Gasteiger partial charge is 0.222 e. The van der Waals surface area contributed by atoms with Crippen molar-refractivity contribution in [2.75, 3.05) is 46.0 Å². The van der Waals surface area contributed by atoms with Crippen molar-refractivity contribution in [3.8, 4) is 5.75 Å². The Bertz CT molecular complexity index is 586. The van der Waals surface area contributed by atoms with Crippen molar-refractivity contribution in [2.45, 2.75) is 25.3 Å². The molecule has 2 saturated heterocycles. The van der Waals surface area contributed by atoms with Crippen molar-refractivity contribution >= 4 is 29.1 Å². The van der Waals surface area contributed by atoms with Crippen LogP contribution in [-0.4, -0.2) is 67.7 Å². The molecule has 1 aromatic rings. The molecule has 0 aliphatic carbocycles. The van der Waals surface area contributed by atoms with E-state index in [1.54, 1.807) is 18.2 Å². The average Bonchev–Trinajstić information content (AvgIpc) is 3.17. The second-order valence-electron chi connectivity index (χ2n) is 6.44. The van der Waals surface area contributed by atoms with Crippen LogP contribution in [0.25, 0.3) is 0 Å². The fourth-order valence-electron chi connectivity index (χ4n) is 3.31. The number of halogens is 2. The predicted molar refractivity (Wildman–Crippen MR) is 98.6 cm³/mol. The summed E-state index contributed by atoms with van der Waals surface area (Å²) in [5.74, 6) is 0.761. The first-order valence-electron chi connectivity index (χ1n) is 8.81. The summed E-state index contributed by atoms with van der Waals surface area (Å²) in [5, 5.41) is 0.892. The highest BCUT2D eigenvalue weighted by molar-refractivity contribution is 6.42. The average molecular weight is 387 g/mol. The second-order valence-corrected chi connectivity index (χ2v) is 7.22. The van der Waals surface area contributed by atoms with E-state index in [9.17, 15) is 4.79 Å². The van der Waals surface area contributed by atoms with Gasteiger partial charge >= 0.3 is 0 Å². The molecule has 1 amide bonds. The number of rotatable bonds is 6. The van der Waals surface area contributed by atoms with Crippen LogP contribution in [0.4, 0.5) is 0 Å². The lowest BCUT2D eigenvalue weighted by Gasteiger charge is -2.37. The van der Waals surface area contributed by atoms with E-state index in [2.05, 4.69) is 4.90 Å². The molecule has 0 bridgehead atoms. The standard InChI is InChI=1S/C18H24Cl2N2O3/c19-15-3-1-4-16(18(15)20)25-11-2-5-17(23)22-9-7-21(8-10-22)14-6-12-24-13-14/h1,3-4,14H,2,5-13H2/t14-/m0/s1. The maximum absolute atomic E-state index is 12.3. The minimum Gasteiger partial charge on any atom is -0.492 e. The van der Waals surface area contributed by atoms with Crippen molar-refractivity contribution in [1.82, 2.24) is 9.80 Å². The fourth-order valence-corrected chi connectivity index (χ4v) is 3.65. The summed E-state index contributed by atoms with van der Waals surface area (Å²) in [5.41, 5.74) is 0. The zero-order valence-electron chi connectivity index (χ0n) is 14.3. The van der Waals surface area contributed by atoms with E-state index in [1.807, 2.05) is 4.90 Å². The van der Waals surface area contributed by atoms with Gasteiger partial charge in [0.2, 0.25) is 5.91 Å². The monoisotopic (exact) mass is 386 g/mol. The van der Waals surface area contributed by atoms with Crippen LogP contribution >= 0.6 is 23.2 Å². The first kappa shape index (κ1) is 18.8. The van der Waals surface area contributed by atoms with Crippen LogP contribution in [0.1, 0.15) is 19.3 Å².